The number of pyridine rings is 1. The van der Waals surface area contributed by atoms with E-state index in [-0.39, 0.29) is 11.8 Å². The molecule has 3 rings (SSSR count). The largest absolute Gasteiger partial charge is 0.348 e. The van der Waals surface area contributed by atoms with Gasteiger partial charge in [0.15, 0.2) is 11.5 Å². The van der Waals surface area contributed by atoms with Gasteiger partial charge in [0.25, 0.3) is 0 Å². The third-order valence-electron chi connectivity index (χ3n) is 3.66. The van der Waals surface area contributed by atoms with Crippen LogP contribution in [0.5, 0.6) is 0 Å². The van der Waals surface area contributed by atoms with Crippen molar-refractivity contribution in [1.29, 1.82) is 0 Å². The number of hydrogen-bond acceptors (Lipinski definition) is 4. The third kappa shape index (κ3) is 2.31. The molecule has 1 saturated heterocycles. The average Bonchev–Trinajstić information content (AvgIpc) is 3.02. The van der Waals surface area contributed by atoms with Crippen molar-refractivity contribution in [3.8, 4) is 0 Å². The molecule has 1 amide bonds. The van der Waals surface area contributed by atoms with Gasteiger partial charge >= 0.3 is 0 Å². The van der Waals surface area contributed by atoms with Gasteiger partial charge < -0.3 is 10.6 Å². The lowest BCUT2D eigenvalue weighted by Gasteiger charge is -2.13. The Labute approximate surface area is 111 Å². The van der Waals surface area contributed by atoms with Gasteiger partial charge in [0.1, 0.15) is 0 Å². The summed E-state index contributed by atoms with van der Waals surface area (Å²) in [5.41, 5.74) is 0.794. The van der Waals surface area contributed by atoms with Crippen LogP contribution in [-0.2, 0) is 11.3 Å². The minimum absolute atomic E-state index is 0.0548. The lowest BCUT2D eigenvalue weighted by molar-refractivity contribution is -0.125. The molecular weight excluding hydrogens is 242 g/mol. The number of carbonyl (C=O) groups excluding carboxylic acids is 1. The van der Waals surface area contributed by atoms with Gasteiger partial charge in [0, 0.05) is 12.7 Å². The van der Waals surface area contributed by atoms with Crippen LogP contribution < -0.4 is 10.6 Å². The molecule has 3 heterocycles. The van der Waals surface area contributed by atoms with Gasteiger partial charge in [-0.15, -0.1) is 10.2 Å². The van der Waals surface area contributed by atoms with Crippen LogP contribution in [0.4, 0.5) is 0 Å². The highest BCUT2D eigenvalue weighted by molar-refractivity contribution is 5.79. The highest BCUT2D eigenvalue weighted by Gasteiger charge is 2.29. The van der Waals surface area contributed by atoms with Crippen LogP contribution in [-0.4, -0.2) is 33.6 Å². The van der Waals surface area contributed by atoms with Gasteiger partial charge in [0.2, 0.25) is 5.91 Å². The zero-order valence-corrected chi connectivity index (χ0v) is 10.8. The Morgan fingerprint density at radius 2 is 2.37 bits per heavy atom. The zero-order valence-electron chi connectivity index (χ0n) is 10.8. The van der Waals surface area contributed by atoms with Crippen LogP contribution in [0.1, 0.15) is 12.7 Å². The van der Waals surface area contributed by atoms with E-state index in [1.54, 1.807) is 0 Å². The van der Waals surface area contributed by atoms with E-state index in [1.165, 1.54) is 0 Å². The molecule has 0 saturated carbocycles. The van der Waals surface area contributed by atoms with E-state index in [1.807, 2.05) is 28.8 Å². The van der Waals surface area contributed by atoms with Gasteiger partial charge in [-0.1, -0.05) is 13.0 Å². The fraction of sp³-hybridized carbons (Fsp3) is 0.462. The average molecular weight is 259 g/mol. The Balaban J connectivity index is 1.67. The number of nitrogens with zero attached hydrogens (tertiary/aromatic N) is 3. The van der Waals surface area contributed by atoms with Crippen LogP contribution in [0.2, 0.25) is 0 Å². The summed E-state index contributed by atoms with van der Waals surface area (Å²) in [6.45, 7) is 4.17. The second kappa shape index (κ2) is 4.97. The van der Waals surface area contributed by atoms with E-state index in [9.17, 15) is 4.79 Å². The molecule has 100 valence electrons. The van der Waals surface area contributed by atoms with Gasteiger partial charge in [-0.2, -0.15) is 0 Å². The molecule has 2 aromatic rings. The molecule has 1 fully saturated rings. The summed E-state index contributed by atoms with van der Waals surface area (Å²) in [5.74, 6) is 1.28. The van der Waals surface area contributed by atoms with Crippen molar-refractivity contribution in [3.63, 3.8) is 0 Å². The van der Waals surface area contributed by atoms with E-state index in [0.717, 1.165) is 24.6 Å². The van der Waals surface area contributed by atoms with Crippen molar-refractivity contribution in [2.75, 3.05) is 13.1 Å². The molecule has 2 atom stereocenters. The molecule has 0 aromatic carbocycles. The summed E-state index contributed by atoms with van der Waals surface area (Å²) in [4.78, 5) is 12.1. The monoisotopic (exact) mass is 259 g/mol. The quantitative estimate of drug-likeness (QED) is 0.826. The molecule has 0 aliphatic carbocycles. The number of hydrogen-bond donors (Lipinski definition) is 2. The van der Waals surface area contributed by atoms with Gasteiger partial charge in [-0.05, 0) is 24.6 Å². The second-order valence-electron chi connectivity index (χ2n) is 5.00. The molecule has 6 nitrogen and oxygen atoms in total. The molecule has 2 aromatic heterocycles. The second-order valence-corrected chi connectivity index (χ2v) is 5.00. The first-order valence-corrected chi connectivity index (χ1v) is 6.53. The first-order chi connectivity index (χ1) is 9.25. The van der Waals surface area contributed by atoms with E-state index in [2.05, 4.69) is 27.8 Å². The Morgan fingerprint density at radius 1 is 1.47 bits per heavy atom. The molecule has 1 aliphatic rings. The van der Waals surface area contributed by atoms with Crippen LogP contribution in [0.15, 0.2) is 24.4 Å². The Kier molecular flexibility index (Phi) is 3.16. The van der Waals surface area contributed by atoms with Crippen molar-refractivity contribution in [1.82, 2.24) is 25.2 Å². The molecule has 0 unspecified atom stereocenters. The maximum atomic E-state index is 12.1. The highest BCUT2D eigenvalue weighted by Crippen LogP contribution is 2.15. The minimum atomic E-state index is 0.0548. The predicted octanol–water partition coefficient (Wildman–Crippen LogP) is 0.201. The maximum absolute atomic E-state index is 12.1. The normalized spacial score (nSPS) is 22.8. The van der Waals surface area contributed by atoms with Crippen molar-refractivity contribution in [3.05, 3.63) is 30.2 Å². The van der Waals surface area contributed by atoms with E-state index in [0.29, 0.717) is 12.5 Å². The highest BCUT2D eigenvalue weighted by atomic mass is 16.1. The maximum Gasteiger partial charge on any atom is 0.225 e. The summed E-state index contributed by atoms with van der Waals surface area (Å²) in [5, 5.41) is 14.3. The molecule has 0 radical (unpaired) electrons. The molecule has 0 spiro atoms. The first-order valence-electron chi connectivity index (χ1n) is 6.53. The number of aromatic nitrogens is 3. The number of rotatable bonds is 3. The first kappa shape index (κ1) is 12.1. The summed E-state index contributed by atoms with van der Waals surface area (Å²) in [7, 11) is 0. The fourth-order valence-corrected chi connectivity index (χ4v) is 2.47. The molecule has 6 heteroatoms. The molecule has 1 aliphatic heterocycles. The number of nitrogens with one attached hydrogen (secondary N) is 2. The Bertz CT molecular complexity index is 593. The van der Waals surface area contributed by atoms with Gasteiger partial charge in [0.05, 0.1) is 12.5 Å². The van der Waals surface area contributed by atoms with Crippen LogP contribution in [0, 0.1) is 11.8 Å². The lowest BCUT2D eigenvalue weighted by atomic mass is 9.97. The molecular formula is C13H17N5O. The minimum Gasteiger partial charge on any atom is -0.348 e. The predicted molar refractivity (Wildman–Crippen MR) is 70.4 cm³/mol. The smallest absolute Gasteiger partial charge is 0.225 e. The van der Waals surface area contributed by atoms with E-state index in [4.69, 9.17) is 0 Å². The van der Waals surface area contributed by atoms with E-state index >= 15 is 0 Å². The van der Waals surface area contributed by atoms with Crippen molar-refractivity contribution in [2.45, 2.75) is 13.5 Å². The van der Waals surface area contributed by atoms with Gasteiger partial charge in [-0.25, -0.2) is 0 Å². The molecule has 19 heavy (non-hydrogen) atoms. The SMILES string of the molecule is C[C@@H]1CNC[C@H]1C(=O)NCc1nnc2ccccn12. The number of carbonyl (C=O) groups is 1. The van der Waals surface area contributed by atoms with Gasteiger partial charge in [-0.3, -0.25) is 9.20 Å². The Hall–Kier alpha value is -1.95. The third-order valence-corrected chi connectivity index (χ3v) is 3.66. The number of fused-ring (bicyclic) bond motifs is 1. The van der Waals surface area contributed by atoms with Crippen LogP contribution in [0.25, 0.3) is 5.65 Å². The van der Waals surface area contributed by atoms with Crippen LogP contribution in [0.3, 0.4) is 0 Å². The van der Waals surface area contributed by atoms with Crippen LogP contribution >= 0.6 is 0 Å². The van der Waals surface area contributed by atoms with Crippen molar-refractivity contribution in [2.24, 2.45) is 11.8 Å². The fourth-order valence-electron chi connectivity index (χ4n) is 2.47. The summed E-state index contributed by atoms with van der Waals surface area (Å²) in [6, 6.07) is 5.73. The van der Waals surface area contributed by atoms with Crippen molar-refractivity contribution < 1.29 is 4.79 Å². The Morgan fingerprint density at radius 3 is 3.16 bits per heavy atom. The zero-order chi connectivity index (χ0) is 13.2. The molecule has 2 N–H and O–H groups in total. The standard InChI is InChI=1S/C13H17N5O/c1-9-6-14-7-10(9)13(19)15-8-12-17-16-11-4-2-3-5-18(11)12/h2-5,9-10,14H,6-8H2,1H3,(H,15,19)/t9-,10-/m1/s1. The summed E-state index contributed by atoms with van der Waals surface area (Å²) in [6.07, 6.45) is 1.90. The lowest BCUT2D eigenvalue weighted by Crippen LogP contribution is -2.34. The summed E-state index contributed by atoms with van der Waals surface area (Å²) >= 11 is 0. The topological polar surface area (TPSA) is 71.3 Å². The number of amides is 1. The molecule has 0 bridgehead atoms. The summed E-state index contributed by atoms with van der Waals surface area (Å²) < 4.78 is 1.89. The van der Waals surface area contributed by atoms with E-state index < -0.39 is 0 Å². The van der Waals surface area contributed by atoms with Crippen molar-refractivity contribution >= 4 is 11.6 Å².